The second kappa shape index (κ2) is 6.88. The molecule has 3 heterocycles. The van der Waals surface area contributed by atoms with Gasteiger partial charge in [0.15, 0.2) is 6.29 Å². The maximum atomic E-state index is 13.0. The Morgan fingerprint density at radius 1 is 1.23 bits per heavy atom. The Bertz CT molecular complexity index is 870. The zero-order valence-electron chi connectivity index (χ0n) is 15.7. The number of aldehydes is 1. The smallest absolute Gasteiger partial charge is 0.276 e. The fourth-order valence-electron chi connectivity index (χ4n) is 3.88. The van der Waals surface area contributed by atoms with E-state index >= 15 is 0 Å². The van der Waals surface area contributed by atoms with Crippen molar-refractivity contribution in [2.45, 2.75) is 47.1 Å². The molecule has 0 radical (unpaired) electrons. The summed E-state index contributed by atoms with van der Waals surface area (Å²) in [6.07, 6.45) is 4.16. The number of hydrogen-bond donors (Lipinski definition) is 0. The lowest BCUT2D eigenvalue weighted by atomic mass is 9.90. The molecular formula is C20H24ClN3O2. The zero-order chi connectivity index (χ0) is 19.1. The van der Waals surface area contributed by atoms with Crippen LogP contribution in [0.2, 0.25) is 5.02 Å². The average molecular weight is 374 g/mol. The zero-order valence-corrected chi connectivity index (χ0v) is 16.4. The van der Waals surface area contributed by atoms with Crippen LogP contribution in [0.1, 0.15) is 59.8 Å². The molecule has 0 bridgehead atoms. The fourth-order valence-corrected chi connectivity index (χ4v) is 4.06. The van der Waals surface area contributed by atoms with E-state index in [4.69, 9.17) is 11.6 Å². The molecule has 2 aromatic rings. The van der Waals surface area contributed by atoms with Gasteiger partial charge in [-0.05, 0) is 36.0 Å². The first-order valence-electron chi connectivity index (χ1n) is 9.04. The van der Waals surface area contributed by atoms with Gasteiger partial charge < -0.3 is 4.57 Å². The van der Waals surface area contributed by atoms with Crippen LogP contribution in [-0.4, -0.2) is 28.3 Å². The molecule has 1 aliphatic heterocycles. The van der Waals surface area contributed by atoms with Gasteiger partial charge in [-0.2, -0.15) is 0 Å². The summed E-state index contributed by atoms with van der Waals surface area (Å²) in [4.78, 5) is 30.1. The third-order valence-corrected chi connectivity index (χ3v) is 5.24. The van der Waals surface area contributed by atoms with Gasteiger partial charge in [0.2, 0.25) is 0 Å². The summed E-state index contributed by atoms with van der Waals surface area (Å²) >= 11 is 6.07. The van der Waals surface area contributed by atoms with Crippen molar-refractivity contribution >= 4 is 29.6 Å². The summed E-state index contributed by atoms with van der Waals surface area (Å²) in [7, 11) is 0. The number of hydrogen-bond acceptors (Lipinski definition) is 3. The van der Waals surface area contributed by atoms with Crippen LogP contribution in [0.3, 0.4) is 0 Å². The molecule has 138 valence electrons. The van der Waals surface area contributed by atoms with Crippen LogP contribution in [0, 0.1) is 5.41 Å². The van der Waals surface area contributed by atoms with Gasteiger partial charge in [-0.1, -0.05) is 39.3 Å². The number of aromatic nitrogens is 2. The predicted molar refractivity (Wildman–Crippen MR) is 103 cm³/mol. The van der Waals surface area contributed by atoms with Crippen LogP contribution in [-0.2, 0) is 19.4 Å². The molecule has 0 aromatic carbocycles. The van der Waals surface area contributed by atoms with E-state index in [1.54, 1.807) is 11.0 Å². The molecular weight excluding hydrogens is 350 g/mol. The van der Waals surface area contributed by atoms with E-state index in [2.05, 4.69) is 23.4 Å². The highest BCUT2D eigenvalue weighted by Crippen LogP contribution is 2.39. The van der Waals surface area contributed by atoms with Crippen molar-refractivity contribution in [1.82, 2.24) is 9.55 Å². The summed E-state index contributed by atoms with van der Waals surface area (Å²) in [5, 5.41) is 0.313. The molecule has 0 spiro atoms. The maximum Gasteiger partial charge on any atom is 0.276 e. The van der Waals surface area contributed by atoms with Crippen LogP contribution in [0.15, 0.2) is 18.3 Å². The number of halogens is 1. The molecule has 6 heteroatoms. The largest absolute Gasteiger partial charge is 0.339 e. The van der Waals surface area contributed by atoms with Crippen LogP contribution < -0.4 is 4.90 Å². The second-order valence-electron chi connectivity index (χ2n) is 7.28. The minimum atomic E-state index is -0.119. The number of carbonyl (C=O) groups excluding carboxylic acids is 2. The summed E-state index contributed by atoms with van der Waals surface area (Å²) in [5.41, 5.74) is 3.74. The predicted octanol–water partition coefficient (Wildman–Crippen LogP) is 4.16. The Morgan fingerprint density at radius 3 is 2.65 bits per heavy atom. The third-order valence-electron chi connectivity index (χ3n) is 4.91. The van der Waals surface area contributed by atoms with Crippen molar-refractivity contribution in [1.29, 1.82) is 0 Å². The van der Waals surface area contributed by atoms with E-state index in [-0.39, 0.29) is 16.9 Å². The number of nitrogens with zero attached hydrogens (tertiary/aromatic N) is 3. The highest BCUT2D eigenvalue weighted by molar-refractivity contribution is 6.33. The van der Waals surface area contributed by atoms with Crippen molar-refractivity contribution in [3.05, 3.63) is 45.9 Å². The lowest BCUT2D eigenvalue weighted by Gasteiger charge is -2.30. The van der Waals surface area contributed by atoms with Crippen molar-refractivity contribution in [2.24, 2.45) is 5.41 Å². The van der Waals surface area contributed by atoms with Crippen molar-refractivity contribution in [2.75, 3.05) is 11.4 Å². The third kappa shape index (κ3) is 2.94. The number of rotatable bonds is 2. The van der Waals surface area contributed by atoms with Crippen molar-refractivity contribution in [3.63, 3.8) is 0 Å². The molecule has 1 aliphatic carbocycles. The highest BCUT2D eigenvalue weighted by Gasteiger charge is 2.37. The Balaban J connectivity index is 0.000000948. The van der Waals surface area contributed by atoms with Gasteiger partial charge in [-0.3, -0.25) is 14.5 Å². The van der Waals surface area contributed by atoms with E-state index < -0.39 is 0 Å². The highest BCUT2D eigenvalue weighted by atomic mass is 35.5. The van der Waals surface area contributed by atoms with Crippen molar-refractivity contribution < 1.29 is 9.59 Å². The van der Waals surface area contributed by atoms with Crippen LogP contribution in [0.4, 0.5) is 5.82 Å². The SMILES string of the molecule is CC.CC1(C)Cc2cc3n(c2C1)CCN(c1nccc(Cl)c1C=O)C3=O. The monoisotopic (exact) mass is 373 g/mol. The van der Waals surface area contributed by atoms with E-state index in [0.29, 0.717) is 35.9 Å². The molecule has 1 amide bonds. The lowest BCUT2D eigenvalue weighted by Crippen LogP contribution is -2.41. The van der Waals surface area contributed by atoms with Gasteiger partial charge in [-0.15, -0.1) is 0 Å². The van der Waals surface area contributed by atoms with E-state index in [9.17, 15) is 9.59 Å². The summed E-state index contributed by atoms with van der Waals surface area (Å²) in [6.45, 7) is 9.70. The number of carbonyl (C=O) groups is 2. The Labute approximate surface area is 159 Å². The minimum absolute atomic E-state index is 0.119. The molecule has 26 heavy (non-hydrogen) atoms. The van der Waals surface area contributed by atoms with Gasteiger partial charge in [0.05, 0.1) is 10.6 Å². The molecule has 0 atom stereocenters. The normalized spacial score (nSPS) is 17.3. The molecule has 2 aromatic heterocycles. The van der Waals surface area contributed by atoms with Gasteiger partial charge >= 0.3 is 0 Å². The van der Waals surface area contributed by atoms with Gasteiger partial charge in [0, 0.05) is 25.0 Å². The van der Waals surface area contributed by atoms with Crippen LogP contribution >= 0.6 is 11.6 Å². The molecule has 0 N–H and O–H groups in total. The van der Waals surface area contributed by atoms with E-state index in [1.807, 2.05) is 19.9 Å². The minimum Gasteiger partial charge on any atom is -0.339 e. The molecule has 4 rings (SSSR count). The first-order valence-corrected chi connectivity index (χ1v) is 9.42. The number of pyridine rings is 1. The first-order chi connectivity index (χ1) is 12.4. The quantitative estimate of drug-likeness (QED) is 0.742. The van der Waals surface area contributed by atoms with Gasteiger partial charge in [0.25, 0.3) is 5.91 Å². The second-order valence-corrected chi connectivity index (χ2v) is 7.68. The van der Waals surface area contributed by atoms with Crippen LogP contribution in [0.25, 0.3) is 0 Å². The number of amides is 1. The van der Waals surface area contributed by atoms with E-state index in [1.165, 1.54) is 17.5 Å². The van der Waals surface area contributed by atoms with Gasteiger partial charge in [0.1, 0.15) is 11.5 Å². The topological polar surface area (TPSA) is 55.2 Å². The van der Waals surface area contributed by atoms with E-state index in [0.717, 1.165) is 12.8 Å². The summed E-state index contributed by atoms with van der Waals surface area (Å²) in [5.74, 6) is 0.224. The molecule has 2 aliphatic rings. The Kier molecular flexibility index (Phi) is 4.93. The molecule has 0 unspecified atom stereocenters. The maximum absolute atomic E-state index is 13.0. The van der Waals surface area contributed by atoms with Crippen molar-refractivity contribution in [3.8, 4) is 0 Å². The Morgan fingerprint density at radius 2 is 1.96 bits per heavy atom. The lowest BCUT2D eigenvalue weighted by molar-refractivity contribution is 0.0963. The molecule has 0 saturated heterocycles. The molecule has 0 saturated carbocycles. The fraction of sp³-hybridized carbons (Fsp3) is 0.450. The first kappa shape index (κ1) is 18.6. The van der Waals surface area contributed by atoms with Gasteiger partial charge in [-0.25, -0.2) is 4.98 Å². The number of anilines is 1. The van der Waals surface area contributed by atoms with Crippen LogP contribution in [0.5, 0.6) is 0 Å². The molecule has 5 nitrogen and oxygen atoms in total. The Hall–Kier alpha value is -2.14. The molecule has 0 fully saturated rings. The summed E-state index contributed by atoms with van der Waals surface area (Å²) in [6, 6.07) is 3.56. The number of fused-ring (bicyclic) bond motifs is 3. The summed E-state index contributed by atoms with van der Waals surface area (Å²) < 4.78 is 2.13. The average Bonchev–Trinajstić information content (AvgIpc) is 3.09. The standard InChI is InChI=1S/C18H18ClN3O2.C2H6/c1-18(2)8-11-7-14-17(24)22(6-5-21(14)15(11)9-18)16-12(10-23)13(19)3-4-20-16;1-2/h3-4,7,10H,5-6,8-9H2,1-2H3;1-2H3.